The average molecular weight is 372 g/mol. The zero-order chi connectivity index (χ0) is 17.9. The van der Waals surface area contributed by atoms with E-state index in [1.54, 1.807) is 11.8 Å². The molecule has 3 heterocycles. The molecule has 0 bridgehead atoms. The smallest absolute Gasteiger partial charge is 0.246 e. The number of thioether (sulfide) groups is 1. The molecule has 1 amide bonds. The Kier molecular flexibility index (Phi) is 5.26. The molecule has 0 aliphatic carbocycles. The van der Waals surface area contributed by atoms with E-state index >= 15 is 0 Å². The van der Waals surface area contributed by atoms with E-state index in [1.807, 2.05) is 12.3 Å². The predicted octanol–water partition coefficient (Wildman–Crippen LogP) is 2.77. The first-order valence-corrected chi connectivity index (χ1v) is 10.5. The summed E-state index contributed by atoms with van der Waals surface area (Å²) in [6.45, 7) is 1.38. The second kappa shape index (κ2) is 7.80. The number of carbonyl (C=O) groups excluding carboxylic acids is 1. The van der Waals surface area contributed by atoms with Crippen molar-refractivity contribution in [1.29, 1.82) is 0 Å². The summed E-state index contributed by atoms with van der Waals surface area (Å²) in [5, 5.41) is 6.93. The normalized spacial score (nSPS) is 25.3. The molecule has 0 saturated carbocycles. The highest BCUT2D eigenvalue weighted by Crippen LogP contribution is 2.44. The lowest BCUT2D eigenvalue weighted by Gasteiger charge is -2.24. The summed E-state index contributed by atoms with van der Waals surface area (Å²) in [4.78, 5) is 19.7. The highest BCUT2D eigenvalue weighted by atomic mass is 32.2. The maximum absolute atomic E-state index is 12.8. The van der Waals surface area contributed by atoms with Crippen molar-refractivity contribution in [3.63, 3.8) is 0 Å². The van der Waals surface area contributed by atoms with Crippen LogP contribution in [-0.4, -0.2) is 39.8 Å². The van der Waals surface area contributed by atoms with Crippen molar-refractivity contribution in [2.75, 3.05) is 12.8 Å². The van der Waals surface area contributed by atoms with Crippen LogP contribution < -0.4 is 5.32 Å². The molecule has 4 rings (SSSR count). The van der Waals surface area contributed by atoms with Crippen LogP contribution in [-0.2, 0) is 17.1 Å². The Morgan fingerprint density at radius 1 is 1.38 bits per heavy atom. The minimum absolute atomic E-state index is 0.0243. The second-order valence-electron chi connectivity index (χ2n) is 6.97. The van der Waals surface area contributed by atoms with Gasteiger partial charge in [0.25, 0.3) is 0 Å². The maximum Gasteiger partial charge on any atom is 0.246 e. The van der Waals surface area contributed by atoms with Crippen molar-refractivity contribution in [1.82, 2.24) is 20.4 Å². The lowest BCUT2D eigenvalue weighted by molar-refractivity contribution is -0.125. The first kappa shape index (κ1) is 17.5. The second-order valence-corrected chi connectivity index (χ2v) is 7.84. The van der Waals surface area contributed by atoms with E-state index in [1.165, 1.54) is 12.0 Å². The maximum atomic E-state index is 12.8. The van der Waals surface area contributed by atoms with E-state index in [2.05, 4.69) is 44.6 Å². The number of hydrogen-bond donors (Lipinski definition) is 1. The van der Waals surface area contributed by atoms with Crippen LogP contribution in [0.15, 0.2) is 34.9 Å². The number of rotatable bonds is 6. The van der Waals surface area contributed by atoms with Gasteiger partial charge in [0.15, 0.2) is 5.82 Å². The molecule has 2 saturated heterocycles. The van der Waals surface area contributed by atoms with Gasteiger partial charge >= 0.3 is 0 Å². The fourth-order valence-corrected chi connectivity index (χ4v) is 4.67. The van der Waals surface area contributed by atoms with E-state index in [4.69, 9.17) is 4.52 Å². The third-order valence-corrected chi connectivity index (χ3v) is 5.95. The summed E-state index contributed by atoms with van der Waals surface area (Å²) >= 11 is 1.64. The monoisotopic (exact) mass is 372 g/mol. The molecule has 1 aromatic carbocycles. The highest BCUT2D eigenvalue weighted by molar-refractivity contribution is 7.97. The Morgan fingerprint density at radius 2 is 2.23 bits per heavy atom. The summed E-state index contributed by atoms with van der Waals surface area (Å²) in [7, 11) is 0. The van der Waals surface area contributed by atoms with Crippen LogP contribution >= 0.6 is 11.8 Å². The van der Waals surface area contributed by atoms with Gasteiger partial charge in [0, 0.05) is 12.1 Å². The quantitative estimate of drug-likeness (QED) is 0.841. The Labute approximate surface area is 157 Å². The minimum atomic E-state index is 0.0243. The van der Waals surface area contributed by atoms with Gasteiger partial charge in [-0.1, -0.05) is 35.5 Å². The number of nitrogens with one attached hydrogen (secondary N) is 1. The number of nitrogens with zero attached hydrogens (tertiary/aromatic N) is 3. The average Bonchev–Trinajstić information content (AvgIpc) is 3.37. The largest absolute Gasteiger partial charge is 0.347 e. The minimum Gasteiger partial charge on any atom is -0.347 e. The van der Waals surface area contributed by atoms with Crippen molar-refractivity contribution in [2.24, 2.45) is 5.92 Å². The van der Waals surface area contributed by atoms with Crippen LogP contribution in [0, 0.1) is 5.92 Å². The van der Waals surface area contributed by atoms with Gasteiger partial charge in [0.2, 0.25) is 11.8 Å². The zero-order valence-electron chi connectivity index (χ0n) is 14.9. The molecule has 2 aromatic rings. The van der Waals surface area contributed by atoms with Crippen molar-refractivity contribution in [3.05, 3.63) is 47.6 Å². The van der Waals surface area contributed by atoms with E-state index in [0.29, 0.717) is 30.3 Å². The van der Waals surface area contributed by atoms with E-state index in [9.17, 15) is 4.79 Å². The summed E-state index contributed by atoms with van der Waals surface area (Å²) in [5.74, 6) is 1.99. The predicted molar refractivity (Wildman–Crippen MR) is 100 cm³/mol. The molecular weight excluding hydrogens is 348 g/mol. The molecule has 1 N–H and O–H groups in total. The molecule has 0 radical (unpaired) electrons. The SMILES string of the molecule is CSCc1noc(CNC(=O)[C@@H]2C[C@H](c3ccccc3)N3CCC[C@@H]23)n1. The van der Waals surface area contributed by atoms with Gasteiger partial charge < -0.3 is 9.84 Å². The van der Waals surface area contributed by atoms with E-state index in [0.717, 1.165) is 25.1 Å². The lowest BCUT2D eigenvalue weighted by Crippen LogP contribution is -2.37. The lowest BCUT2D eigenvalue weighted by atomic mass is 9.93. The van der Waals surface area contributed by atoms with E-state index in [-0.39, 0.29) is 11.8 Å². The third kappa shape index (κ3) is 3.50. The molecule has 138 valence electrons. The first-order valence-electron chi connectivity index (χ1n) is 9.15. The number of aromatic nitrogens is 2. The Bertz CT molecular complexity index is 751. The van der Waals surface area contributed by atoms with Crippen LogP contribution in [0.1, 0.15) is 42.6 Å². The molecule has 1 aromatic heterocycles. The molecule has 6 nitrogen and oxygen atoms in total. The Balaban J connectivity index is 1.41. The van der Waals surface area contributed by atoms with Crippen LogP contribution in [0.5, 0.6) is 0 Å². The molecule has 0 unspecified atom stereocenters. The van der Waals surface area contributed by atoms with Gasteiger partial charge in [0.1, 0.15) is 0 Å². The summed E-state index contributed by atoms with van der Waals surface area (Å²) in [6.07, 6.45) is 5.13. The molecule has 0 spiro atoms. The molecule has 7 heteroatoms. The number of fused-ring (bicyclic) bond motifs is 1. The van der Waals surface area contributed by atoms with Gasteiger partial charge in [-0.25, -0.2) is 0 Å². The Morgan fingerprint density at radius 3 is 3.04 bits per heavy atom. The molecule has 2 fully saturated rings. The summed E-state index contributed by atoms with van der Waals surface area (Å²) < 4.78 is 5.21. The van der Waals surface area contributed by atoms with Gasteiger partial charge in [-0.15, -0.1) is 0 Å². The van der Waals surface area contributed by atoms with Gasteiger partial charge in [-0.3, -0.25) is 9.69 Å². The molecule has 26 heavy (non-hydrogen) atoms. The van der Waals surface area contributed by atoms with Crippen LogP contribution in [0.2, 0.25) is 0 Å². The molecule has 2 aliphatic rings. The highest BCUT2D eigenvalue weighted by Gasteiger charge is 2.46. The van der Waals surface area contributed by atoms with Gasteiger partial charge in [0.05, 0.1) is 18.2 Å². The summed E-state index contributed by atoms with van der Waals surface area (Å²) in [6, 6.07) is 11.2. The van der Waals surface area contributed by atoms with Crippen molar-refractivity contribution >= 4 is 17.7 Å². The number of hydrogen-bond acceptors (Lipinski definition) is 6. The van der Waals surface area contributed by atoms with Crippen LogP contribution in [0.4, 0.5) is 0 Å². The van der Waals surface area contributed by atoms with Gasteiger partial charge in [-0.05, 0) is 37.6 Å². The van der Waals surface area contributed by atoms with Crippen LogP contribution in [0.25, 0.3) is 0 Å². The molecule has 2 aliphatic heterocycles. The fraction of sp³-hybridized carbons (Fsp3) is 0.526. The Hall–Kier alpha value is -1.86. The molecule has 3 atom stereocenters. The number of carbonyl (C=O) groups is 1. The van der Waals surface area contributed by atoms with Crippen molar-refractivity contribution in [3.8, 4) is 0 Å². The van der Waals surface area contributed by atoms with Crippen molar-refractivity contribution in [2.45, 2.75) is 43.6 Å². The summed E-state index contributed by atoms with van der Waals surface area (Å²) in [5.41, 5.74) is 1.31. The standard InChI is InChI=1S/C19H24N4O2S/c1-26-12-17-21-18(25-22-17)11-20-19(24)14-10-16(13-6-3-2-4-7-13)23-9-5-8-15(14)23/h2-4,6-7,14-16H,5,8-12H2,1H3,(H,20,24)/t14-,15+,16-/m1/s1. The van der Waals surface area contributed by atoms with E-state index < -0.39 is 0 Å². The topological polar surface area (TPSA) is 71.3 Å². The van der Waals surface area contributed by atoms with Gasteiger partial charge in [-0.2, -0.15) is 16.7 Å². The fourth-order valence-electron chi connectivity index (χ4n) is 4.29. The van der Waals surface area contributed by atoms with Crippen molar-refractivity contribution < 1.29 is 9.32 Å². The number of benzene rings is 1. The number of amides is 1. The first-order chi connectivity index (χ1) is 12.8. The molecular formula is C19H24N4O2S. The zero-order valence-corrected chi connectivity index (χ0v) is 15.7. The van der Waals surface area contributed by atoms with Crippen LogP contribution in [0.3, 0.4) is 0 Å². The third-order valence-electron chi connectivity index (χ3n) is 5.40.